The second-order valence-electron chi connectivity index (χ2n) is 5.88. The minimum Gasteiger partial charge on any atom is -0.496 e. The molecule has 0 spiro atoms. The molecule has 7 heteroatoms. The molecule has 2 N–H and O–H groups in total. The molecule has 0 aliphatic heterocycles. The SMILES string of the molecule is CN=C(NCc1ccc(C)c(F)c1)NCc1cc(OC)c(OC)cc1OC. The smallest absolute Gasteiger partial charge is 0.191 e. The normalized spacial score (nSPS) is 11.1. The summed E-state index contributed by atoms with van der Waals surface area (Å²) < 4.78 is 29.7. The van der Waals surface area contributed by atoms with Crippen LogP contribution in [0, 0.1) is 12.7 Å². The molecule has 0 heterocycles. The van der Waals surface area contributed by atoms with Gasteiger partial charge in [-0.25, -0.2) is 4.39 Å². The topological polar surface area (TPSA) is 64.1 Å². The predicted octanol–water partition coefficient (Wildman–Crippen LogP) is 3.03. The van der Waals surface area contributed by atoms with Crippen LogP contribution < -0.4 is 24.8 Å². The van der Waals surface area contributed by atoms with Crippen molar-refractivity contribution in [2.24, 2.45) is 4.99 Å². The lowest BCUT2D eigenvalue weighted by atomic mass is 10.1. The van der Waals surface area contributed by atoms with E-state index >= 15 is 0 Å². The molecule has 0 aliphatic rings. The fourth-order valence-electron chi connectivity index (χ4n) is 2.56. The number of hydrogen-bond donors (Lipinski definition) is 2. The fourth-order valence-corrected chi connectivity index (χ4v) is 2.56. The van der Waals surface area contributed by atoms with E-state index in [4.69, 9.17) is 14.2 Å². The summed E-state index contributed by atoms with van der Waals surface area (Å²) >= 11 is 0. The van der Waals surface area contributed by atoms with Crippen molar-refractivity contribution < 1.29 is 18.6 Å². The number of aliphatic imine (C=N–C) groups is 1. The first-order valence-corrected chi connectivity index (χ1v) is 8.50. The number of ether oxygens (including phenoxy) is 3. The molecular formula is C20H26FN3O3. The monoisotopic (exact) mass is 375 g/mol. The summed E-state index contributed by atoms with van der Waals surface area (Å²) in [6.07, 6.45) is 0. The molecule has 0 bridgehead atoms. The number of halogens is 1. The summed E-state index contributed by atoms with van der Waals surface area (Å²) in [6.45, 7) is 2.66. The van der Waals surface area contributed by atoms with Crippen LogP contribution in [0.3, 0.4) is 0 Å². The molecule has 0 saturated heterocycles. The van der Waals surface area contributed by atoms with Crippen molar-refractivity contribution in [1.82, 2.24) is 10.6 Å². The molecule has 27 heavy (non-hydrogen) atoms. The lowest BCUT2D eigenvalue weighted by Crippen LogP contribution is -2.36. The average molecular weight is 375 g/mol. The number of benzene rings is 2. The number of hydrogen-bond acceptors (Lipinski definition) is 4. The largest absolute Gasteiger partial charge is 0.496 e. The van der Waals surface area contributed by atoms with Gasteiger partial charge >= 0.3 is 0 Å². The van der Waals surface area contributed by atoms with E-state index in [0.29, 0.717) is 41.9 Å². The van der Waals surface area contributed by atoms with Crippen molar-refractivity contribution in [3.8, 4) is 17.2 Å². The zero-order chi connectivity index (χ0) is 19.8. The minimum atomic E-state index is -0.215. The summed E-state index contributed by atoms with van der Waals surface area (Å²) in [4.78, 5) is 4.19. The highest BCUT2D eigenvalue weighted by Gasteiger charge is 2.12. The maximum absolute atomic E-state index is 13.7. The van der Waals surface area contributed by atoms with Crippen LogP contribution in [-0.2, 0) is 13.1 Å². The van der Waals surface area contributed by atoms with E-state index < -0.39 is 0 Å². The number of guanidine groups is 1. The zero-order valence-corrected chi connectivity index (χ0v) is 16.4. The summed E-state index contributed by atoms with van der Waals surface area (Å²) in [5, 5.41) is 6.38. The van der Waals surface area contributed by atoms with Gasteiger partial charge in [0.1, 0.15) is 11.6 Å². The number of nitrogens with zero attached hydrogens (tertiary/aromatic N) is 1. The molecule has 0 amide bonds. The first-order valence-electron chi connectivity index (χ1n) is 8.50. The number of methoxy groups -OCH3 is 3. The van der Waals surface area contributed by atoms with Gasteiger partial charge in [0.25, 0.3) is 0 Å². The summed E-state index contributed by atoms with van der Waals surface area (Å²) in [5.41, 5.74) is 2.35. The number of aryl methyl sites for hydroxylation is 1. The highest BCUT2D eigenvalue weighted by molar-refractivity contribution is 5.79. The maximum atomic E-state index is 13.7. The van der Waals surface area contributed by atoms with E-state index in [0.717, 1.165) is 11.1 Å². The van der Waals surface area contributed by atoms with E-state index in [9.17, 15) is 4.39 Å². The zero-order valence-electron chi connectivity index (χ0n) is 16.4. The van der Waals surface area contributed by atoms with Gasteiger partial charge in [0, 0.05) is 31.8 Å². The number of nitrogens with one attached hydrogen (secondary N) is 2. The van der Waals surface area contributed by atoms with E-state index in [-0.39, 0.29) is 5.82 Å². The molecule has 146 valence electrons. The van der Waals surface area contributed by atoms with Crippen LogP contribution in [-0.4, -0.2) is 34.3 Å². The van der Waals surface area contributed by atoms with Gasteiger partial charge < -0.3 is 24.8 Å². The second kappa shape index (κ2) is 9.66. The van der Waals surface area contributed by atoms with E-state index in [1.807, 2.05) is 12.1 Å². The third-order valence-electron chi connectivity index (χ3n) is 4.15. The lowest BCUT2D eigenvalue weighted by molar-refractivity contribution is 0.347. The Hall–Kier alpha value is -2.96. The Balaban J connectivity index is 2.04. The first kappa shape index (κ1) is 20.4. The molecular weight excluding hydrogens is 349 g/mol. The fraction of sp³-hybridized carbons (Fsp3) is 0.350. The van der Waals surface area contributed by atoms with Crippen molar-refractivity contribution in [3.05, 3.63) is 52.8 Å². The Bertz CT molecular complexity index is 809. The summed E-state index contributed by atoms with van der Waals surface area (Å²) in [5.74, 6) is 2.27. The van der Waals surface area contributed by atoms with Gasteiger partial charge in [-0.2, -0.15) is 0 Å². The molecule has 0 saturated carbocycles. The van der Waals surface area contributed by atoms with Crippen molar-refractivity contribution >= 4 is 5.96 Å². The highest BCUT2D eigenvalue weighted by atomic mass is 19.1. The van der Waals surface area contributed by atoms with Gasteiger partial charge in [0.15, 0.2) is 17.5 Å². The molecule has 0 aliphatic carbocycles. The van der Waals surface area contributed by atoms with Crippen molar-refractivity contribution in [1.29, 1.82) is 0 Å². The Morgan fingerprint density at radius 1 is 0.926 bits per heavy atom. The molecule has 0 aromatic heterocycles. The van der Waals surface area contributed by atoms with E-state index in [2.05, 4.69) is 15.6 Å². The maximum Gasteiger partial charge on any atom is 0.191 e. The van der Waals surface area contributed by atoms with Gasteiger partial charge in [-0.05, 0) is 30.2 Å². The van der Waals surface area contributed by atoms with Crippen LogP contribution in [0.2, 0.25) is 0 Å². The summed E-state index contributed by atoms with van der Waals surface area (Å²) in [6, 6.07) is 8.80. The first-order chi connectivity index (χ1) is 13.0. The van der Waals surface area contributed by atoms with E-state index in [1.54, 1.807) is 47.4 Å². The van der Waals surface area contributed by atoms with Gasteiger partial charge in [0.2, 0.25) is 0 Å². The Labute approximate surface area is 159 Å². The Morgan fingerprint density at radius 2 is 1.56 bits per heavy atom. The average Bonchev–Trinajstić information content (AvgIpc) is 2.69. The lowest BCUT2D eigenvalue weighted by Gasteiger charge is -2.16. The van der Waals surface area contributed by atoms with Crippen molar-refractivity contribution in [2.45, 2.75) is 20.0 Å². The highest BCUT2D eigenvalue weighted by Crippen LogP contribution is 2.34. The quantitative estimate of drug-likeness (QED) is 0.575. The van der Waals surface area contributed by atoms with Crippen LogP contribution >= 0.6 is 0 Å². The number of rotatable bonds is 7. The third kappa shape index (κ3) is 5.26. The van der Waals surface area contributed by atoms with Crippen LogP contribution in [0.5, 0.6) is 17.2 Å². The summed E-state index contributed by atoms with van der Waals surface area (Å²) in [7, 11) is 6.44. The van der Waals surface area contributed by atoms with Gasteiger partial charge in [-0.15, -0.1) is 0 Å². The molecule has 6 nitrogen and oxygen atoms in total. The van der Waals surface area contributed by atoms with Gasteiger partial charge in [-0.1, -0.05) is 12.1 Å². The Kier molecular flexibility index (Phi) is 7.28. The molecule has 2 rings (SSSR count). The van der Waals surface area contributed by atoms with Gasteiger partial charge in [0.05, 0.1) is 21.3 Å². The van der Waals surface area contributed by atoms with Crippen molar-refractivity contribution in [3.63, 3.8) is 0 Å². The molecule has 2 aromatic rings. The molecule has 0 fully saturated rings. The predicted molar refractivity (Wildman–Crippen MR) is 104 cm³/mol. The standard InChI is InChI=1S/C20H26FN3O3/c1-13-6-7-14(8-16(13)21)11-23-20(22-2)24-12-15-9-18(26-4)19(27-5)10-17(15)25-3/h6-10H,11-12H2,1-5H3,(H2,22,23,24). The van der Waals surface area contributed by atoms with Crippen LogP contribution in [0.15, 0.2) is 35.3 Å². The minimum absolute atomic E-state index is 0.215. The van der Waals surface area contributed by atoms with Crippen molar-refractivity contribution in [2.75, 3.05) is 28.4 Å². The van der Waals surface area contributed by atoms with E-state index in [1.165, 1.54) is 6.07 Å². The van der Waals surface area contributed by atoms with Crippen LogP contribution in [0.25, 0.3) is 0 Å². The molecule has 2 aromatic carbocycles. The molecule has 0 unspecified atom stereocenters. The third-order valence-corrected chi connectivity index (χ3v) is 4.15. The van der Waals surface area contributed by atoms with Crippen LogP contribution in [0.4, 0.5) is 4.39 Å². The Morgan fingerprint density at radius 3 is 2.15 bits per heavy atom. The van der Waals surface area contributed by atoms with Crippen LogP contribution in [0.1, 0.15) is 16.7 Å². The molecule has 0 atom stereocenters. The second-order valence-corrected chi connectivity index (χ2v) is 5.88. The van der Waals surface area contributed by atoms with Gasteiger partial charge in [-0.3, -0.25) is 4.99 Å². The molecule has 0 radical (unpaired) electrons.